The average molecular weight is 359 g/mol. The summed E-state index contributed by atoms with van der Waals surface area (Å²) in [6.45, 7) is 0.608. The molecule has 0 saturated carbocycles. The number of hydrogen-bond acceptors (Lipinski definition) is 2. The van der Waals surface area contributed by atoms with Gasteiger partial charge in [0.2, 0.25) is 5.91 Å². The minimum absolute atomic E-state index is 0.109. The fraction of sp³-hybridized carbons (Fsp3) is 0.263. The number of carbonyl (C=O) groups is 1. The maximum absolute atomic E-state index is 13.4. The van der Waals surface area contributed by atoms with E-state index in [2.05, 4.69) is 4.98 Å². The van der Waals surface area contributed by atoms with E-state index < -0.39 is 17.8 Å². The van der Waals surface area contributed by atoms with Gasteiger partial charge in [-0.3, -0.25) is 4.79 Å². The summed E-state index contributed by atoms with van der Waals surface area (Å²) in [7, 11) is 0. The maximum atomic E-state index is 13.4. The first-order chi connectivity index (χ1) is 12.5. The van der Waals surface area contributed by atoms with E-state index in [4.69, 9.17) is 0 Å². The standard InChI is InChI=1S/C19H16F3N3O/c20-14-4-6-25(10-14)19(26)8-12-3-5-24-11-17(23-18(24)7-12)13-1-2-15(21)16(22)9-13/h1-3,5,7,9,11,14H,4,6,8,10H2/t14-/m0/s1. The molecule has 4 rings (SSSR count). The highest BCUT2D eigenvalue weighted by Gasteiger charge is 2.25. The van der Waals surface area contributed by atoms with Gasteiger partial charge >= 0.3 is 0 Å². The van der Waals surface area contributed by atoms with Crippen molar-refractivity contribution in [3.8, 4) is 11.3 Å². The molecule has 1 aliphatic heterocycles. The summed E-state index contributed by atoms with van der Waals surface area (Å²) in [5, 5.41) is 0. The van der Waals surface area contributed by atoms with Crippen LogP contribution in [0.15, 0.2) is 42.7 Å². The molecule has 0 bridgehead atoms. The number of benzene rings is 1. The van der Waals surface area contributed by atoms with Crippen molar-refractivity contribution in [3.05, 3.63) is 59.9 Å². The van der Waals surface area contributed by atoms with Gasteiger partial charge in [-0.1, -0.05) is 0 Å². The molecule has 3 aromatic rings. The Bertz CT molecular complexity index is 985. The molecule has 1 saturated heterocycles. The topological polar surface area (TPSA) is 37.6 Å². The fourth-order valence-corrected chi connectivity index (χ4v) is 3.16. The van der Waals surface area contributed by atoms with Crippen molar-refractivity contribution >= 4 is 11.6 Å². The Morgan fingerprint density at radius 2 is 2.04 bits per heavy atom. The number of rotatable bonds is 3. The molecular formula is C19H16F3N3O. The molecule has 0 spiro atoms. The first-order valence-electron chi connectivity index (χ1n) is 8.34. The highest BCUT2D eigenvalue weighted by Crippen LogP contribution is 2.22. The van der Waals surface area contributed by atoms with Gasteiger partial charge in [-0.2, -0.15) is 0 Å². The minimum atomic E-state index is -0.938. The molecule has 26 heavy (non-hydrogen) atoms. The van der Waals surface area contributed by atoms with E-state index in [-0.39, 0.29) is 18.9 Å². The predicted molar refractivity (Wildman–Crippen MR) is 90.3 cm³/mol. The third kappa shape index (κ3) is 3.16. The van der Waals surface area contributed by atoms with Gasteiger partial charge in [0.1, 0.15) is 11.8 Å². The van der Waals surface area contributed by atoms with E-state index >= 15 is 0 Å². The molecule has 4 nitrogen and oxygen atoms in total. The third-order valence-electron chi connectivity index (χ3n) is 4.58. The number of carbonyl (C=O) groups excluding carboxylic acids is 1. The number of aromatic nitrogens is 2. The lowest BCUT2D eigenvalue weighted by Crippen LogP contribution is -2.30. The summed E-state index contributed by atoms with van der Waals surface area (Å²) < 4.78 is 41.5. The molecule has 2 aromatic heterocycles. The van der Waals surface area contributed by atoms with Crippen LogP contribution in [0.25, 0.3) is 16.9 Å². The summed E-state index contributed by atoms with van der Waals surface area (Å²) in [6, 6.07) is 7.19. The number of imidazole rings is 1. The van der Waals surface area contributed by atoms with Gasteiger partial charge in [0.05, 0.1) is 18.7 Å². The Kier molecular flexibility index (Phi) is 4.14. The summed E-state index contributed by atoms with van der Waals surface area (Å²) in [4.78, 5) is 18.2. The average Bonchev–Trinajstić information content (AvgIpc) is 3.23. The second kappa shape index (κ2) is 6.48. The number of halogens is 3. The highest BCUT2D eigenvalue weighted by atomic mass is 19.2. The second-order valence-corrected chi connectivity index (χ2v) is 6.46. The molecule has 1 atom stereocenters. The van der Waals surface area contributed by atoms with Crippen molar-refractivity contribution in [3.63, 3.8) is 0 Å². The SMILES string of the molecule is O=C(Cc1ccn2cc(-c3ccc(F)c(F)c3)nc2c1)N1CC[C@H](F)C1. The molecular weight excluding hydrogens is 343 g/mol. The molecule has 0 unspecified atom stereocenters. The summed E-state index contributed by atoms with van der Waals surface area (Å²) >= 11 is 0. The van der Waals surface area contributed by atoms with Crippen LogP contribution in [0.4, 0.5) is 13.2 Å². The number of hydrogen-bond donors (Lipinski definition) is 0. The van der Waals surface area contributed by atoms with Gasteiger partial charge in [-0.05, 0) is 42.3 Å². The number of fused-ring (bicyclic) bond motifs is 1. The monoisotopic (exact) mass is 359 g/mol. The maximum Gasteiger partial charge on any atom is 0.227 e. The molecule has 0 N–H and O–H groups in total. The zero-order valence-corrected chi connectivity index (χ0v) is 13.8. The van der Waals surface area contributed by atoms with E-state index in [1.165, 1.54) is 11.0 Å². The Morgan fingerprint density at radius 3 is 2.77 bits per heavy atom. The lowest BCUT2D eigenvalue weighted by atomic mass is 10.1. The van der Waals surface area contributed by atoms with Gasteiger partial charge < -0.3 is 9.30 Å². The summed E-state index contributed by atoms with van der Waals surface area (Å²) in [5.74, 6) is -1.94. The lowest BCUT2D eigenvalue weighted by Gasteiger charge is -2.15. The van der Waals surface area contributed by atoms with Crippen molar-refractivity contribution in [2.24, 2.45) is 0 Å². The Labute approximate surface area is 147 Å². The second-order valence-electron chi connectivity index (χ2n) is 6.46. The molecule has 0 radical (unpaired) electrons. The molecule has 7 heteroatoms. The highest BCUT2D eigenvalue weighted by molar-refractivity contribution is 5.79. The van der Waals surface area contributed by atoms with Crippen LogP contribution >= 0.6 is 0 Å². The lowest BCUT2D eigenvalue weighted by molar-refractivity contribution is -0.129. The summed E-state index contributed by atoms with van der Waals surface area (Å²) in [6.07, 6.45) is 3.10. The molecule has 134 valence electrons. The van der Waals surface area contributed by atoms with Crippen LogP contribution < -0.4 is 0 Å². The van der Waals surface area contributed by atoms with Crippen molar-refractivity contribution in [2.45, 2.75) is 19.0 Å². The Morgan fingerprint density at radius 1 is 1.19 bits per heavy atom. The molecule has 1 fully saturated rings. The molecule has 1 aliphatic rings. The largest absolute Gasteiger partial charge is 0.339 e. The van der Waals surface area contributed by atoms with Gasteiger partial charge in [-0.25, -0.2) is 18.2 Å². The van der Waals surface area contributed by atoms with Crippen molar-refractivity contribution in [2.75, 3.05) is 13.1 Å². The van der Waals surface area contributed by atoms with Crippen LogP contribution in [0.3, 0.4) is 0 Å². The Balaban J connectivity index is 1.57. The molecule has 3 heterocycles. The first-order valence-corrected chi connectivity index (χ1v) is 8.34. The minimum Gasteiger partial charge on any atom is -0.339 e. The molecule has 1 aromatic carbocycles. The van der Waals surface area contributed by atoms with Gasteiger partial charge in [0.25, 0.3) is 0 Å². The van der Waals surface area contributed by atoms with Gasteiger partial charge in [-0.15, -0.1) is 0 Å². The number of amides is 1. The Hall–Kier alpha value is -2.83. The van der Waals surface area contributed by atoms with Crippen LogP contribution in [-0.4, -0.2) is 39.5 Å². The number of pyridine rings is 1. The van der Waals surface area contributed by atoms with E-state index in [1.54, 1.807) is 28.9 Å². The predicted octanol–water partition coefficient (Wildman–Crippen LogP) is 3.39. The van der Waals surface area contributed by atoms with Gasteiger partial charge in [0, 0.05) is 24.5 Å². The van der Waals surface area contributed by atoms with Gasteiger partial charge in [0.15, 0.2) is 11.6 Å². The van der Waals surface area contributed by atoms with Crippen LogP contribution in [-0.2, 0) is 11.2 Å². The van der Waals surface area contributed by atoms with Crippen LogP contribution in [0.5, 0.6) is 0 Å². The van der Waals surface area contributed by atoms with Crippen LogP contribution in [0.1, 0.15) is 12.0 Å². The smallest absolute Gasteiger partial charge is 0.227 e. The van der Waals surface area contributed by atoms with E-state index in [9.17, 15) is 18.0 Å². The summed E-state index contributed by atoms with van der Waals surface area (Å²) in [5.41, 5.74) is 2.34. The normalized spacial score (nSPS) is 17.2. The van der Waals surface area contributed by atoms with E-state index in [0.717, 1.165) is 17.7 Å². The zero-order valence-electron chi connectivity index (χ0n) is 13.8. The number of likely N-dealkylation sites (tertiary alicyclic amines) is 1. The third-order valence-corrected chi connectivity index (χ3v) is 4.58. The van der Waals surface area contributed by atoms with Crippen molar-refractivity contribution in [1.29, 1.82) is 0 Å². The number of alkyl halides is 1. The van der Waals surface area contributed by atoms with E-state index in [0.29, 0.717) is 29.9 Å². The van der Waals surface area contributed by atoms with Crippen molar-refractivity contribution in [1.82, 2.24) is 14.3 Å². The van der Waals surface area contributed by atoms with E-state index in [1.807, 2.05) is 0 Å². The van der Waals surface area contributed by atoms with Crippen molar-refractivity contribution < 1.29 is 18.0 Å². The van der Waals surface area contributed by atoms with Crippen LogP contribution in [0, 0.1) is 11.6 Å². The first kappa shape index (κ1) is 16.6. The molecule has 1 amide bonds. The fourth-order valence-electron chi connectivity index (χ4n) is 3.16. The van der Waals surface area contributed by atoms with Crippen LogP contribution in [0.2, 0.25) is 0 Å². The number of nitrogens with zero attached hydrogens (tertiary/aromatic N) is 3. The quantitative estimate of drug-likeness (QED) is 0.719. The molecule has 0 aliphatic carbocycles. The zero-order chi connectivity index (χ0) is 18.3.